The average Bonchev–Trinajstić information content (AvgIpc) is 3.13. The molecule has 31 heavy (non-hydrogen) atoms. The Morgan fingerprint density at radius 3 is 2.58 bits per heavy atom. The molecule has 1 atom stereocenters. The van der Waals surface area contributed by atoms with Gasteiger partial charge in [-0.3, -0.25) is 15.0 Å². The normalized spacial score (nSPS) is 17.2. The van der Waals surface area contributed by atoms with E-state index in [1.807, 2.05) is 48.5 Å². The summed E-state index contributed by atoms with van der Waals surface area (Å²) in [6.45, 7) is 0. The molecule has 0 radical (unpaired) electrons. The summed E-state index contributed by atoms with van der Waals surface area (Å²) in [5.74, 6) is 0.975. The summed E-state index contributed by atoms with van der Waals surface area (Å²) in [6, 6.07) is 17.6. The maximum Gasteiger partial charge on any atom is 0.146 e. The van der Waals surface area contributed by atoms with Gasteiger partial charge in [0, 0.05) is 29.7 Å². The van der Waals surface area contributed by atoms with Crippen LogP contribution in [0.1, 0.15) is 22.4 Å². The molecule has 152 valence electrons. The number of halogens is 1. The quantitative estimate of drug-likeness (QED) is 0.527. The number of hydrogen-bond acceptors (Lipinski definition) is 6. The lowest BCUT2D eigenvalue weighted by Gasteiger charge is -2.29. The monoisotopic (exact) mass is 427 g/mol. The number of methoxy groups -OCH3 is 1. The summed E-state index contributed by atoms with van der Waals surface area (Å²) in [5, 5.41) is 0.496. The molecule has 7 heteroatoms. The number of pyridine rings is 1. The summed E-state index contributed by atoms with van der Waals surface area (Å²) in [7, 11) is 1.59. The highest BCUT2D eigenvalue weighted by atomic mass is 35.5. The Kier molecular flexibility index (Phi) is 4.64. The topological polar surface area (TPSA) is 86.3 Å². The van der Waals surface area contributed by atoms with Crippen LogP contribution in [0.5, 0.6) is 5.75 Å². The lowest BCUT2D eigenvalue weighted by molar-refractivity contribution is 0.414. The molecule has 1 unspecified atom stereocenters. The average molecular weight is 428 g/mol. The molecule has 5 rings (SSSR count). The molecule has 0 amide bonds. The predicted octanol–water partition coefficient (Wildman–Crippen LogP) is 4.21. The van der Waals surface area contributed by atoms with Crippen LogP contribution >= 0.6 is 11.6 Å². The van der Waals surface area contributed by atoms with Crippen molar-refractivity contribution >= 4 is 17.4 Å². The van der Waals surface area contributed by atoms with E-state index in [0.717, 1.165) is 27.9 Å². The largest absolute Gasteiger partial charge is 0.495 e. The van der Waals surface area contributed by atoms with Gasteiger partial charge in [0.1, 0.15) is 22.8 Å². The second-order valence-electron chi connectivity index (χ2n) is 7.13. The van der Waals surface area contributed by atoms with Crippen LogP contribution in [-0.4, -0.2) is 27.9 Å². The first-order chi connectivity index (χ1) is 15.1. The van der Waals surface area contributed by atoms with Gasteiger partial charge in [-0.05, 0) is 35.4 Å². The standard InChI is InChI=1S/C24H18ClN5O/c1-31-21-8-7-17(13-19(21)25)24(18-6-3-9-29-22(18)23(26)30-24)16-5-2-4-15(12-16)20-14-27-10-11-28-20/h2-14H,1H3,(H2,26,30). The second kappa shape index (κ2) is 7.49. The van der Waals surface area contributed by atoms with E-state index in [4.69, 9.17) is 27.1 Å². The highest BCUT2D eigenvalue weighted by molar-refractivity contribution is 6.32. The van der Waals surface area contributed by atoms with Crippen LogP contribution in [-0.2, 0) is 5.54 Å². The summed E-state index contributed by atoms with van der Waals surface area (Å²) in [4.78, 5) is 18.1. The van der Waals surface area contributed by atoms with Gasteiger partial charge in [-0.2, -0.15) is 0 Å². The smallest absolute Gasteiger partial charge is 0.146 e. The fourth-order valence-corrected chi connectivity index (χ4v) is 4.30. The van der Waals surface area contributed by atoms with Crippen molar-refractivity contribution in [3.63, 3.8) is 0 Å². The molecule has 2 aromatic carbocycles. The molecule has 1 aliphatic rings. The van der Waals surface area contributed by atoms with Crippen LogP contribution in [0.2, 0.25) is 5.02 Å². The van der Waals surface area contributed by atoms with Gasteiger partial charge in [0.25, 0.3) is 0 Å². The van der Waals surface area contributed by atoms with Crippen LogP contribution in [0.15, 0.2) is 84.4 Å². The Hall–Kier alpha value is -3.77. The fourth-order valence-electron chi connectivity index (χ4n) is 4.05. The van der Waals surface area contributed by atoms with Crippen LogP contribution < -0.4 is 10.5 Å². The highest BCUT2D eigenvalue weighted by Gasteiger charge is 2.44. The van der Waals surface area contributed by atoms with Gasteiger partial charge in [0.15, 0.2) is 0 Å². The zero-order valence-electron chi connectivity index (χ0n) is 16.7. The molecule has 0 saturated heterocycles. The zero-order chi connectivity index (χ0) is 21.4. The summed E-state index contributed by atoms with van der Waals surface area (Å²) < 4.78 is 5.35. The number of fused-ring (bicyclic) bond motifs is 1. The van der Waals surface area contributed by atoms with Gasteiger partial charge in [-0.15, -0.1) is 0 Å². The molecule has 0 saturated carbocycles. The number of amidine groups is 1. The molecular formula is C24H18ClN5O. The maximum atomic E-state index is 6.51. The van der Waals surface area contributed by atoms with Gasteiger partial charge < -0.3 is 10.5 Å². The molecule has 0 spiro atoms. The Balaban J connectivity index is 1.79. The third kappa shape index (κ3) is 3.04. The number of aliphatic imine (C=N–C) groups is 1. The van der Waals surface area contributed by atoms with E-state index >= 15 is 0 Å². The number of rotatable bonds is 4. The van der Waals surface area contributed by atoms with Crippen LogP contribution in [0.3, 0.4) is 0 Å². The predicted molar refractivity (Wildman–Crippen MR) is 120 cm³/mol. The van der Waals surface area contributed by atoms with E-state index in [9.17, 15) is 0 Å². The minimum Gasteiger partial charge on any atom is -0.495 e. The minimum atomic E-state index is -0.901. The number of benzene rings is 2. The van der Waals surface area contributed by atoms with Crippen molar-refractivity contribution in [2.24, 2.45) is 10.7 Å². The Labute approximate surface area is 184 Å². The van der Waals surface area contributed by atoms with Crippen molar-refractivity contribution in [3.8, 4) is 17.0 Å². The van der Waals surface area contributed by atoms with Crippen molar-refractivity contribution in [2.75, 3.05) is 7.11 Å². The first-order valence-electron chi connectivity index (χ1n) is 9.65. The lowest BCUT2D eigenvalue weighted by Crippen LogP contribution is -2.25. The molecule has 0 bridgehead atoms. The van der Waals surface area contributed by atoms with E-state index in [-0.39, 0.29) is 0 Å². The van der Waals surface area contributed by atoms with Crippen LogP contribution in [0.25, 0.3) is 11.3 Å². The molecule has 2 N–H and O–H groups in total. The maximum absolute atomic E-state index is 6.51. The minimum absolute atomic E-state index is 0.382. The van der Waals surface area contributed by atoms with Crippen LogP contribution in [0, 0.1) is 0 Å². The van der Waals surface area contributed by atoms with Crippen molar-refractivity contribution in [3.05, 3.63) is 107 Å². The van der Waals surface area contributed by atoms with Gasteiger partial charge in [0.05, 0.1) is 24.0 Å². The number of nitrogens with zero attached hydrogens (tertiary/aromatic N) is 4. The van der Waals surface area contributed by atoms with Gasteiger partial charge >= 0.3 is 0 Å². The van der Waals surface area contributed by atoms with Gasteiger partial charge in [0.2, 0.25) is 0 Å². The van der Waals surface area contributed by atoms with Gasteiger partial charge in [-0.25, -0.2) is 4.99 Å². The zero-order valence-corrected chi connectivity index (χ0v) is 17.4. The molecule has 3 heterocycles. The van der Waals surface area contributed by atoms with E-state index in [2.05, 4.69) is 21.0 Å². The third-order valence-electron chi connectivity index (χ3n) is 5.44. The van der Waals surface area contributed by atoms with E-state index in [1.54, 1.807) is 31.9 Å². The molecule has 2 aromatic heterocycles. The van der Waals surface area contributed by atoms with Crippen molar-refractivity contribution in [2.45, 2.75) is 5.54 Å². The first-order valence-corrected chi connectivity index (χ1v) is 10.0. The summed E-state index contributed by atoms with van der Waals surface area (Å²) in [6.07, 6.45) is 6.77. The Morgan fingerprint density at radius 1 is 0.935 bits per heavy atom. The Bertz CT molecular complexity index is 1310. The number of nitrogens with two attached hydrogens (primary N) is 1. The number of hydrogen-bond donors (Lipinski definition) is 1. The summed E-state index contributed by atoms with van der Waals surface area (Å²) in [5.41, 5.74) is 10.5. The number of ether oxygens (including phenoxy) is 1. The highest BCUT2D eigenvalue weighted by Crippen LogP contribution is 2.47. The van der Waals surface area contributed by atoms with E-state index in [0.29, 0.717) is 22.3 Å². The molecule has 0 aliphatic carbocycles. The van der Waals surface area contributed by atoms with Crippen molar-refractivity contribution in [1.29, 1.82) is 0 Å². The second-order valence-corrected chi connectivity index (χ2v) is 7.54. The van der Waals surface area contributed by atoms with Crippen molar-refractivity contribution < 1.29 is 4.74 Å². The van der Waals surface area contributed by atoms with Crippen molar-refractivity contribution in [1.82, 2.24) is 15.0 Å². The third-order valence-corrected chi connectivity index (χ3v) is 5.73. The Morgan fingerprint density at radius 2 is 1.81 bits per heavy atom. The van der Waals surface area contributed by atoms with E-state index < -0.39 is 5.54 Å². The number of aromatic nitrogens is 3. The van der Waals surface area contributed by atoms with E-state index in [1.165, 1.54) is 0 Å². The fraction of sp³-hybridized carbons (Fsp3) is 0.0833. The molecular weight excluding hydrogens is 410 g/mol. The lowest BCUT2D eigenvalue weighted by atomic mass is 9.78. The SMILES string of the molecule is COc1ccc(C2(c3cccc(-c4cnccn4)c3)N=C(N)c3ncccc32)cc1Cl. The molecule has 0 fully saturated rings. The van der Waals surface area contributed by atoms with Crippen LogP contribution in [0.4, 0.5) is 0 Å². The summed E-state index contributed by atoms with van der Waals surface area (Å²) >= 11 is 6.51. The first kappa shape index (κ1) is 19.2. The molecule has 6 nitrogen and oxygen atoms in total. The molecule has 4 aromatic rings. The van der Waals surface area contributed by atoms with Gasteiger partial charge in [-0.1, -0.05) is 41.9 Å². The molecule has 1 aliphatic heterocycles.